The smallest absolute Gasteiger partial charge is 0.309 e. The molecule has 3 nitrogen and oxygen atoms in total. The van der Waals surface area contributed by atoms with Gasteiger partial charge in [-0.25, -0.2) is 0 Å². The summed E-state index contributed by atoms with van der Waals surface area (Å²) in [6.07, 6.45) is 0.279. The van der Waals surface area contributed by atoms with Crippen LogP contribution in [0.4, 0.5) is 5.69 Å². The summed E-state index contributed by atoms with van der Waals surface area (Å²) in [5.74, 6) is -0.249. The van der Waals surface area contributed by atoms with E-state index in [0.717, 1.165) is 5.56 Å². The molecule has 0 saturated heterocycles. The topological polar surface area (TPSA) is 52.3 Å². The molecule has 0 radical (unpaired) electrons. The maximum Gasteiger partial charge on any atom is 0.309 e. The lowest BCUT2D eigenvalue weighted by Crippen LogP contribution is -2.04. The molecule has 0 aliphatic heterocycles. The Morgan fingerprint density at radius 1 is 1.54 bits per heavy atom. The van der Waals surface area contributed by atoms with Gasteiger partial charge in [-0.05, 0) is 17.7 Å². The van der Waals surface area contributed by atoms with Gasteiger partial charge in [0, 0.05) is 5.69 Å². The van der Waals surface area contributed by atoms with E-state index in [0.29, 0.717) is 5.69 Å². The fourth-order valence-corrected chi connectivity index (χ4v) is 0.942. The number of ether oxygens (including phenoxy) is 1. The van der Waals surface area contributed by atoms with Crippen LogP contribution in [0.25, 0.3) is 0 Å². The van der Waals surface area contributed by atoms with Crippen LogP contribution in [0.5, 0.6) is 0 Å². The third kappa shape index (κ3) is 3.80. The Hall–Kier alpha value is -1.22. The van der Waals surface area contributed by atoms with E-state index in [1.807, 2.05) is 12.1 Å². The number of halogens is 1. The number of carbonyl (C=O) groups excluding carboxylic acids is 1. The highest BCUT2D eigenvalue weighted by atomic mass is 35.5. The number of benzene rings is 1. The molecule has 0 atom stereocenters. The van der Waals surface area contributed by atoms with Gasteiger partial charge in [-0.3, -0.25) is 4.79 Å². The van der Waals surface area contributed by atoms with Crippen molar-refractivity contribution in [3.8, 4) is 0 Å². The van der Waals surface area contributed by atoms with E-state index in [1.54, 1.807) is 12.1 Å². The first-order chi connectivity index (χ1) is 5.72. The maximum atomic E-state index is 10.8. The molecule has 0 fully saturated rings. The zero-order valence-corrected chi connectivity index (χ0v) is 8.14. The van der Waals surface area contributed by atoms with E-state index in [1.165, 1.54) is 7.11 Å². The number of anilines is 1. The number of esters is 1. The fraction of sp³-hybridized carbons (Fsp3) is 0.222. The first-order valence-corrected chi connectivity index (χ1v) is 3.63. The van der Waals surface area contributed by atoms with Gasteiger partial charge in [-0.2, -0.15) is 0 Å². The number of rotatable bonds is 2. The Balaban J connectivity index is 0.00000144. The van der Waals surface area contributed by atoms with E-state index in [4.69, 9.17) is 5.73 Å². The number of nitrogen functional groups attached to an aromatic ring is 1. The molecular formula is C9H12ClNO2. The Bertz CT molecular complexity index is 289. The molecule has 1 rings (SSSR count). The summed E-state index contributed by atoms with van der Waals surface area (Å²) in [5.41, 5.74) is 7.06. The summed E-state index contributed by atoms with van der Waals surface area (Å²) >= 11 is 0. The van der Waals surface area contributed by atoms with Crippen LogP contribution in [-0.4, -0.2) is 13.1 Å². The minimum Gasteiger partial charge on any atom is -0.469 e. The van der Waals surface area contributed by atoms with Crippen LogP contribution in [0.3, 0.4) is 0 Å². The van der Waals surface area contributed by atoms with Crippen molar-refractivity contribution in [3.05, 3.63) is 29.8 Å². The average molecular weight is 202 g/mol. The zero-order chi connectivity index (χ0) is 8.97. The van der Waals surface area contributed by atoms with Crippen molar-refractivity contribution in [3.63, 3.8) is 0 Å². The van der Waals surface area contributed by atoms with Crippen LogP contribution in [0.1, 0.15) is 5.56 Å². The van der Waals surface area contributed by atoms with E-state index < -0.39 is 0 Å². The zero-order valence-electron chi connectivity index (χ0n) is 7.32. The predicted molar refractivity (Wildman–Crippen MR) is 53.8 cm³/mol. The summed E-state index contributed by atoms with van der Waals surface area (Å²) < 4.78 is 4.51. The number of methoxy groups -OCH3 is 1. The second-order valence-corrected chi connectivity index (χ2v) is 2.50. The third-order valence-corrected chi connectivity index (χ3v) is 1.53. The van der Waals surface area contributed by atoms with E-state index in [9.17, 15) is 4.79 Å². The quantitative estimate of drug-likeness (QED) is 0.582. The maximum absolute atomic E-state index is 10.8. The molecule has 0 bridgehead atoms. The lowest BCUT2D eigenvalue weighted by molar-refractivity contribution is -0.139. The molecule has 0 amide bonds. The Kier molecular flexibility index (Phi) is 4.92. The standard InChI is InChI=1S/C9H11NO2.ClH/c1-12-9(11)6-7-3-2-4-8(10)5-7;/h2-5H,6,10H2,1H3;1H. The predicted octanol–water partition coefficient (Wildman–Crippen LogP) is 1.41. The number of carbonyl (C=O) groups is 1. The van der Waals surface area contributed by atoms with Crippen LogP contribution >= 0.6 is 12.4 Å². The molecule has 0 unspecified atom stereocenters. The summed E-state index contributed by atoms with van der Waals surface area (Å²) in [4.78, 5) is 10.8. The van der Waals surface area contributed by atoms with Crippen LogP contribution < -0.4 is 5.73 Å². The van der Waals surface area contributed by atoms with Crippen LogP contribution in [0.2, 0.25) is 0 Å². The van der Waals surface area contributed by atoms with Gasteiger partial charge in [-0.1, -0.05) is 12.1 Å². The number of nitrogens with two attached hydrogens (primary N) is 1. The highest BCUT2D eigenvalue weighted by Crippen LogP contribution is 2.07. The molecule has 2 N–H and O–H groups in total. The largest absolute Gasteiger partial charge is 0.469 e. The number of hydrogen-bond acceptors (Lipinski definition) is 3. The first kappa shape index (κ1) is 11.8. The summed E-state index contributed by atoms with van der Waals surface area (Å²) in [5, 5.41) is 0. The van der Waals surface area contributed by atoms with E-state index in [2.05, 4.69) is 4.74 Å². The molecular weight excluding hydrogens is 190 g/mol. The highest BCUT2D eigenvalue weighted by molar-refractivity contribution is 5.85. The Morgan fingerprint density at radius 3 is 2.77 bits per heavy atom. The molecule has 13 heavy (non-hydrogen) atoms. The van der Waals surface area contributed by atoms with Gasteiger partial charge in [0.2, 0.25) is 0 Å². The normalized spacial score (nSPS) is 8.69. The molecule has 1 aromatic carbocycles. The lowest BCUT2D eigenvalue weighted by Gasteiger charge is -2.00. The van der Waals surface area contributed by atoms with Crippen molar-refractivity contribution in [2.45, 2.75) is 6.42 Å². The Morgan fingerprint density at radius 2 is 2.23 bits per heavy atom. The third-order valence-electron chi connectivity index (χ3n) is 1.53. The molecule has 0 aliphatic carbocycles. The van der Waals surface area contributed by atoms with Crippen LogP contribution in [-0.2, 0) is 16.0 Å². The number of hydrogen-bond donors (Lipinski definition) is 1. The molecule has 4 heteroatoms. The molecule has 0 heterocycles. The van der Waals surface area contributed by atoms with Crippen molar-refractivity contribution in [2.75, 3.05) is 12.8 Å². The van der Waals surface area contributed by atoms with Crippen LogP contribution in [0, 0.1) is 0 Å². The second-order valence-electron chi connectivity index (χ2n) is 2.50. The second kappa shape index (κ2) is 5.43. The monoisotopic (exact) mass is 201 g/mol. The molecule has 72 valence electrons. The molecule has 0 saturated carbocycles. The SMILES string of the molecule is COC(=O)Cc1cccc(N)c1.Cl. The van der Waals surface area contributed by atoms with Gasteiger partial charge in [0.25, 0.3) is 0 Å². The van der Waals surface area contributed by atoms with E-state index in [-0.39, 0.29) is 24.8 Å². The summed E-state index contributed by atoms with van der Waals surface area (Å²) in [6, 6.07) is 7.19. The van der Waals surface area contributed by atoms with Gasteiger partial charge in [0.1, 0.15) is 0 Å². The highest BCUT2D eigenvalue weighted by Gasteiger charge is 2.01. The van der Waals surface area contributed by atoms with Gasteiger partial charge in [0.15, 0.2) is 0 Å². The van der Waals surface area contributed by atoms with Crippen molar-refractivity contribution >= 4 is 24.1 Å². The van der Waals surface area contributed by atoms with E-state index >= 15 is 0 Å². The Labute approximate surface area is 83.3 Å². The molecule has 0 aliphatic rings. The minimum absolute atomic E-state index is 0. The summed E-state index contributed by atoms with van der Waals surface area (Å²) in [6.45, 7) is 0. The van der Waals surface area contributed by atoms with Gasteiger partial charge < -0.3 is 10.5 Å². The van der Waals surface area contributed by atoms with Gasteiger partial charge in [0.05, 0.1) is 13.5 Å². The average Bonchev–Trinajstić information content (AvgIpc) is 2.04. The van der Waals surface area contributed by atoms with Crippen molar-refractivity contribution in [2.24, 2.45) is 0 Å². The van der Waals surface area contributed by atoms with Crippen molar-refractivity contribution < 1.29 is 9.53 Å². The first-order valence-electron chi connectivity index (χ1n) is 3.63. The van der Waals surface area contributed by atoms with Crippen molar-refractivity contribution in [1.29, 1.82) is 0 Å². The van der Waals surface area contributed by atoms with Gasteiger partial charge in [-0.15, -0.1) is 12.4 Å². The fourth-order valence-electron chi connectivity index (χ4n) is 0.942. The molecule has 0 aromatic heterocycles. The van der Waals surface area contributed by atoms with Gasteiger partial charge >= 0.3 is 5.97 Å². The summed E-state index contributed by atoms with van der Waals surface area (Å²) in [7, 11) is 1.37. The molecule has 0 spiro atoms. The lowest BCUT2D eigenvalue weighted by atomic mass is 10.1. The molecule has 1 aromatic rings. The minimum atomic E-state index is -0.249. The van der Waals surface area contributed by atoms with Crippen LogP contribution in [0.15, 0.2) is 24.3 Å². The van der Waals surface area contributed by atoms with Crippen molar-refractivity contribution in [1.82, 2.24) is 0 Å².